The molecule has 7 nitrogen and oxygen atoms in total. The highest BCUT2D eigenvalue weighted by Crippen LogP contribution is 2.31. The molecule has 5 aromatic rings. The van der Waals surface area contributed by atoms with Gasteiger partial charge in [-0.2, -0.15) is 0 Å². The van der Waals surface area contributed by atoms with Gasteiger partial charge in [-0.1, -0.05) is 67.9 Å². The van der Waals surface area contributed by atoms with E-state index in [1.54, 1.807) is 6.07 Å². The van der Waals surface area contributed by atoms with E-state index in [2.05, 4.69) is 62.4 Å². The zero-order valence-electron chi connectivity index (χ0n) is 17.9. The minimum Gasteiger partial charge on any atom is -0.506 e. The minimum absolute atomic E-state index is 0.268. The molecule has 0 bridgehead atoms. The van der Waals surface area contributed by atoms with Crippen LogP contribution in [0.1, 0.15) is 31.2 Å². The van der Waals surface area contributed by atoms with Crippen molar-refractivity contribution in [3.63, 3.8) is 0 Å². The van der Waals surface area contributed by atoms with E-state index in [1.165, 1.54) is 0 Å². The highest BCUT2D eigenvalue weighted by Gasteiger charge is 2.15. The molecule has 0 radical (unpaired) electrons. The lowest BCUT2D eigenvalue weighted by Gasteiger charge is -2.12. The van der Waals surface area contributed by atoms with Crippen LogP contribution < -0.4 is 0 Å². The largest absolute Gasteiger partial charge is 0.506 e. The maximum Gasteiger partial charge on any atom is 0.180 e. The summed E-state index contributed by atoms with van der Waals surface area (Å²) in [6, 6.07) is 22.1. The molecule has 7 heteroatoms. The van der Waals surface area contributed by atoms with Gasteiger partial charge in [-0.05, 0) is 45.7 Å². The van der Waals surface area contributed by atoms with Gasteiger partial charge in [0, 0.05) is 18.5 Å². The van der Waals surface area contributed by atoms with E-state index < -0.39 is 0 Å². The summed E-state index contributed by atoms with van der Waals surface area (Å²) in [6.45, 7) is 2.83. The average molecular weight is 425 g/mol. The van der Waals surface area contributed by atoms with Gasteiger partial charge in [0.15, 0.2) is 5.82 Å². The molecule has 2 N–H and O–H groups in total. The number of hydrogen-bond donors (Lipinski definition) is 2. The lowest BCUT2D eigenvalue weighted by atomic mass is 9.98. The third kappa shape index (κ3) is 3.73. The van der Waals surface area contributed by atoms with Gasteiger partial charge < -0.3 is 9.67 Å². The van der Waals surface area contributed by atoms with Crippen LogP contribution in [-0.4, -0.2) is 35.3 Å². The van der Waals surface area contributed by atoms with Crippen molar-refractivity contribution < 1.29 is 5.11 Å². The van der Waals surface area contributed by atoms with Crippen LogP contribution in [0, 0.1) is 0 Å². The molecule has 0 fully saturated rings. The monoisotopic (exact) mass is 424 g/mol. The molecule has 3 aromatic carbocycles. The first-order valence-electron chi connectivity index (χ1n) is 10.8. The van der Waals surface area contributed by atoms with Crippen LogP contribution in [0.3, 0.4) is 0 Å². The summed E-state index contributed by atoms with van der Waals surface area (Å²) >= 11 is 0. The topological polar surface area (TPSA) is 92.5 Å². The Morgan fingerprint density at radius 3 is 2.50 bits per heavy atom. The Hall–Kier alpha value is -4.00. The van der Waals surface area contributed by atoms with E-state index in [-0.39, 0.29) is 5.75 Å². The van der Waals surface area contributed by atoms with Crippen molar-refractivity contribution >= 4 is 11.0 Å². The molecule has 2 aromatic heterocycles. The molecule has 5 rings (SSSR count). The van der Waals surface area contributed by atoms with Crippen molar-refractivity contribution in [3.8, 4) is 28.3 Å². The van der Waals surface area contributed by atoms with Crippen LogP contribution in [-0.2, 0) is 13.0 Å². The number of aromatic hydroxyl groups is 1. The van der Waals surface area contributed by atoms with E-state index in [0.29, 0.717) is 12.4 Å². The number of rotatable bonds is 7. The molecular weight excluding hydrogens is 400 g/mol. The van der Waals surface area contributed by atoms with Crippen LogP contribution in [0.4, 0.5) is 0 Å². The molecule has 0 unspecified atom stereocenters. The number of H-pyrrole nitrogens is 1. The fraction of sp³-hybridized carbons (Fsp3) is 0.200. The summed E-state index contributed by atoms with van der Waals surface area (Å²) in [5, 5.41) is 24.8. The Morgan fingerprint density at radius 2 is 1.75 bits per heavy atom. The third-order valence-electron chi connectivity index (χ3n) is 5.71. The predicted octanol–water partition coefficient (Wildman–Crippen LogP) is 4.98. The lowest BCUT2D eigenvalue weighted by Crippen LogP contribution is -2.05. The molecule has 0 atom stereocenters. The molecule has 0 aliphatic heterocycles. The molecule has 0 spiro atoms. The smallest absolute Gasteiger partial charge is 0.180 e. The quantitative estimate of drug-likeness (QED) is 0.384. The van der Waals surface area contributed by atoms with Crippen LogP contribution in [0.15, 0.2) is 66.7 Å². The number of nitrogens with one attached hydrogen (secondary N) is 1. The van der Waals surface area contributed by atoms with Gasteiger partial charge in [-0.25, -0.2) is 10.1 Å². The van der Waals surface area contributed by atoms with E-state index in [1.807, 2.05) is 30.3 Å². The second-order valence-electron chi connectivity index (χ2n) is 7.85. The summed E-state index contributed by atoms with van der Waals surface area (Å²) in [6.07, 6.45) is 3.06. The minimum atomic E-state index is 0.268. The number of benzene rings is 3. The average Bonchev–Trinajstić information content (AvgIpc) is 3.47. The Kier molecular flexibility index (Phi) is 5.37. The fourth-order valence-corrected chi connectivity index (χ4v) is 4.10. The predicted molar refractivity (Wildman–Crippen MR) is 124 cm³/mol. The van der Waals surface area contributed by atoms with Gasteiger partial charge in [0.05, 0.1) is 5.52 Å². The van der Waals surface area contributed by atoms with Gasteiger partial charge in [0.25, 0.3) is 0 Å². The van der Waals surface area contributed by atoms with Crippen LogP contribution >= 0.6 is 0 Å². The fourth-order valence-electron chi connectivity index (χ4n) is 4.10. The lowest BCUT2D eigenvalue weighted by molar-refractivity contribution is 0.477. The Bertz CT molecular complexity index is 1340. The highest BCUT2D eigenvalue weighted by atomic mass is 16.3. The van der Waals surface area contributed by atoms with Gasteiger partial charge in [0.1, 0.15) is 17.1 Å². The van der Waals surface area contributed by atoms with Gasteiger partial charge >= 0.3 is 0 Å². The van der Waals surface area contributed by atoms with E-state index in [0.717, 1.165) is 58.4 Å². The molecular formula is C25H24N6O. The van der Waals surface area contributed by atoms with Crippen LogP contribution in [0.25, 0.3) is 33.5 Å². The summed E-state index contributed by atoms with van der Waals surface area (Å²) in [4.78, 5) is 4.79. The number of phenolic OH excluding ortho intramolecular Hbond substituents is 1. The van der Waals surface area contributed by atoms with Gasteiger partial charge in [0.2, 0.25) is 0 Å². The molecule has 160 valence electrons. The molecule has 0 saturated heterocycles. The number of unbranched alkanes of at least 4 members (excludes halogenated alkanes) is 1. The number of aromatic amines is 1. The highest BCUT2D eigenvalue weighted by molar-refractivity contribution is 5.83. The van der Waals surface area contributed by atoms with Crippen LogP contribution in [0.5, 0.6) is 5.75 Å². The zero-order chi connectivity index (χ0) is 21.9. The van der Waals surface area contributed by atoms with Crippen molar-refractivity contribution in [1.29, 1.82) is 0 Å². The summed E-state index contributed by atoms with van der Waals surface area (Å²) < 4.78 is 2.14. The molecule has 0 aliphatic carbocycles. The second-order valence-corrected chi connectivity index (χ2v) is 7.85. The van der Waals surface area contributed by atoms with Crippen molar-refractivity contribution in [2.75, 3.05) is 0 Å². The Morgan fingerprint density at radius 1 is 0.938 bits per heavy atom. The van der Waals surface area contributed by atoms with E-state index >= 15 is 0 Å². The first kappa shape index (κ1) is 19.9. The SMILES string of the molecule is CCCCc1nc2cccc(O)c2n1Cc1ccc(-c2ccccc2-c2nnn[nH]2)cc1. The number of phenols is 1. The first-order chi connectivity index (χ1) is 15.7. The number of aromatic nitrogens is 6. The standard InChI is InChI=1S/C25H24N6O/c1-2-3-11-23-26-21-9-6-10-22(32)24(21)31(23)16-17-12-14-18(15-13-17)19-7-4-5-8-20(19)25-27-29-30-28-25/h4-10,12-15,32H,2-3,11,16H2,1H3,(H,27,28,29,30). The van der Waals surface area contributed by atoms with Crippen molar-refractivity contribution in [3.05, 3.63) is 78.1 Å². The Balaban J connectivity index is 1.49. The number of aryl methyl sites for hydroxylation is 1. The summed E-state index contributed by atoms with van der Waals surface area (Å²) in [5.74, 6) is 1.92. The third-order valence-corrected chi connectivity index (χ3v) is 5.71. The molecule has 32 heavy (non-hydrogen) atoms. The van der Waals surface area contributed by atoms with Gasteiger partial charge in [-0.15, -0.1) is 5.10 Å². The van der Waals surface area contributed by atoms with Gasteiger partial charge in [-0.3, -0.25) is 0 Å². The number of hydrogen-bond acceptors (Lipinski definition) is 5. The number of imidazole rings is 1. The molecule has 0 aliphatic rings. The summed E-state index contributed by atoms with van der Waals surface area (Å²) in [5.41, 5.74) is 5.89. The van der Waals surface area contributed by atoms with E-state index in [9.17, 15) is 5.11 Å². The first-order valence-corrected chi connectivity index (χ1v) is 10.8. The number of nitrogens with zero attached hydrogens (tertiary/aromatic N) is 5. The number of tetrazole rings is 1. The van der Waals surface area contributed by atoms with Crippen molar-refractivity contribution in [1.82, 2.24) is 30.2 Å². The normalized spacial score (nSPS) is 11.3. The molecule has 0 saturated carbocycles. The zero-order valence-corrected chi connectivity index (χ0v) is 17.9. The molecule has 0 amide bonds. The van der Waals surface area contributed by atoms with E-state index in [4.69, 9.17) is 4.98 Å². The Labute approximate surface area is 185 Å². The maximum absolute atomic E-state index is 10.5. The van der Waals surface area contributed by atoms with Crippen molar-refractivity contribution in [2.24, 2.45) is 0 Å². The maximum atomic E-state index is 10.5. The molecule has 2 heterocycles. The second kappa shape index (κ2) is 8.63. The summed E-state index contributed by atoms with van der Waals surface area (Å²) in [7, 11) is 0. The van der Waals surface area contributed by atoms with Crippen molar-refractivity contribution in [2.45, 2.75) is 32.7 Å². The van der Waals surface area contributed by atoms with Crippen LogP contribution in [0.2, 0.25) is 0 Å². The number of para-hydroxylation sites is 1. The number of fused-ring (bicyclic) bond motifs is 1.